The zero-order chi connectivity index (χ0) is 37.2. The zero-order valence-electron chi connectivity index (χ0n) is 26.9. The van der Waals surface area contributed by atoms with Gasteiger partial charge in [-0.15, -0.1) is 0 Å². The molecule has 1 amide bonds. The number of carboxylic acids is 1. The van der Waals surface area contributed by atoms with Gasteiger partial charge in [0.05, 0.1) is 46.9 Å². The number of anilines is 3. The van der Waals surface area contributed by atoms with Crippen LogP contribution in [0.15, 0.2) is 48.7 Å². The maximum atomic E-state index is 13.9. The highest BCUT2D eigenvalue weighted by atomic mass is 19.4. The van der Waals surface area contributed by atoms with Crippen molar-refractivity contribution in [3.8, 4) is 0 Å². The number of fused-ring (bicyclic) bond motifs is 1. The van der Waals surface area contributed by atoms with Crippen LogP contribution in [0.4, 0.5) is 61.5 Å². The molecule has 1 aliphatic rings. The van der Waals surface area contributed by atoms with E-state index in [0.717, 1.165) is 18.2 Å². The van der Waals surface area contributed by atoms with Crippen molar-refractivity contribution < 1.29 is 58.9 Å². The molecule has 2 atom stereocenters. The van der Waals surface area contributed by atoms with E-state index in [4.69, 9.17) is 9.84 Å². The van der Waals surface area contributed by atoms with Gasteiger partial charge >= 0.3 is 30.6 Å². The van der Waals surface area contributed by atoms with E-state index in [1.165, 1.54) is 17.2 Å². The monoisotopic (exact) mass is 720 g/mol. The number of ether oxygens (including phenoxy) is 1. The minimum atomic E-state index is -5.08. The molecule has 0 saturated carbocycles. The van der Waals surface area contributed by atoms with Gasteiger partial charge < -0.3 is 20.1 Å². The Bertz CT molecular complexity index is 1680. The highest BCUT2D eigenvalue weighted by Gasteiger charge is 2.40. The second-order valence-electron chi connectivity index (χ2n) is 11.9. The summed E-state index contributed by atoms with van der Waals surface area (Å²) in [4.78, 5) is 31.2. The van der Waals surface area contributed by atoms with Crippen LogP contribution in [0.1, 0.15) is 72.0 Å². The lowest BCUT2D eigenvalue weighted by atomic mass is 9.88. The van der Waals surface area contributed by atoms with Gasteiger partial charge in [-0.3, -0.25) is 9.69 Å². The van der Waals surface area contributed by atoms with Crippen molar-refractivity contribution in [2.24, 2.45) is 0 Å². The summed E-state index contributed by atoms with van der Waals surface area (Å²) in [5, 5.41) is 11.9. The first-order chi connectivity index (χ1) is 23.2. The molecule has 2 aromatic carbocycles. The fraction of sp³-hybridized carbons (Fsp3) is 0.424. The Hall–Kier alpha value is -4.70. The second-order valence-corrected chi connectivity index (χ2v) is 11.9. The summed E-state index contributed by atoms with van der Waals surface area (Å²) in [5.74, 6) is -1.11. The Labute approximate surface area is 280 Å². The SMILES string of the molecule is CC[C@@H]1C[C@H](Nc2ncc(N(C)C)cc2Cc2cc(C(F)(F)F)cc(C(F)(F)F)c2)c2cc(C(F)(F)F)ccc2N1C(=O)OCCCC(=O)O. The van der Waals surface area contributed by atoms with Crippen LogP contribution in [0, 0.1) is 0 Å². The molecule has 272 valence electrons. The number of aliphatic carboxylic acids is 1. The number of alkyl halides is 9. The van der Waals surface area contributed by atoms with Crippen LogP contribution in [0.5, 0.6) is 0 Å². The molecule has 8 nitrogen and oxygen atoms in total. The largest absolute Gasteiger partial charge is 0.481 e. The van der Waals surface area contributed by atoms with Crippen molar-refractivity contribution in [1.29, 1.82) is 0 Å². The van der Waals surface area contributed by atoms with E-state index >= 15 is 0 Å². The Morgan fingerprint density at radius 3 is 2.10 bits per heavy atom. The summed E-state index contributed by atoms with van der Waals surface area (Å²) in [6.07, 6.45) is -14.9. The predicted octanol–water partition coefficient (Wildman–Crippen LogP) is 8.94. The molecule has 0 spiro atoms. The minimum absolute atomic E-state index is 0.00346. The zero-order valence-corrected chi connectivity index (χ0v) is 26.9. The maximum Gasteiger partial charge on any atom is 0.416 e. The van der Waals surface area contributed by atoms with E-state index < -0.39 is 65.8 Å². The van der Waals surface area contributed by atoms with Gasteiger partial charge in [0.25, 0.3) is 0 Å². The molecule has 0 saturated heterocycles. The first-order valence-corrected chi connectivity index (χ1v) is 15.3. The first kappa shape index (κ1) is 38.1. The van der Waals surface area contributed by atoms with Gasteiger partial charge in [0.1, 0.15) is 5.82 Å². The molecule has 17 heteroatoms. The van der Waals surface area contributed by atoms with Crippen LogP contribution in [0.2, 0.25) is 0 Å². The molecule has 0 unspecified atom stereocenters. The number of hydrogen-bond donors (Lipinski definition) is 2. The van der Waals surface area contributed by atoms with Gasteiger partial charge in [0.2, 0.25) is 0 Å². The molecule has 4 rings (SSSR count). The van der Waals surface area contributed by atoms with Gasteiger partial charge in [-0.05, 0) is 72.9 Å². The molecule has 3 aromatic rings. The van der Waals surface area contributed by atoms with E-state index in [-0.39, 0.29) is 60.1 Å². The van der Waals surface area contributed by atoms with Gasteiger partial charge in [0, 0.05) is 38.5 Å². The van der Waals surface area contributed by atoms with E-state index in [1.807, 2.05) is 0 Å². The standard InChI is InChI=1S/C33H33F9N4O4/c1-4-23-16-26(25-15-20(31(34,35)36)7-8-27(25)46(23)30(49)50-9-5-6-28(47)48)44-29-19(13-24(17-43-29)45(2)3)10-18-11-21(32(37,38)39)14-22(12-18)33(40,41)42/h7-8,11-15,17,23,26H,4-6,9-10,16H2,1-3H3,(H,43,44)(H,47,48)/t23-,26+/m1/s1. The van der Waals surface area contributed by atoms with Crippen molar-refractivity contribution in [2.75, 3.05) is 35.8 Å². The molecule has 0 aliphatic carbocycles. The Morgan fingerprint density at radius 2 is 1.56 bits per heavy atom. The number of amides is 1. The quantitative estimate of drug-likeness (QED) is 0.160. The average molecular weight is 721 g/mol. The minimum Gasteiger partial charge on any atom is -0.481 e. The van der Waals surface area contributed by atoms with E-state index in [2.05, 4.69) is 10.3 Å². The smallest absolute Gasteiger partial charge is 0.416 e. The fourth-order valence-corrected chi connectivity index (χ4v) is 5.63. The van der Waals surface area contributed by atoms with Crippen LogP contribution in [0.25, 0.3) is 0 Å². The van der Waals surface area contributed by atoms with Gasteiger partial charge in [-0.25, -0.2) is 9.78 Å². The first-order valence-electron chi connectivity index (χ1n) is 15.3. The van der Waals surface area contributed by atoms with E-state index in [0.29, 0.717) is 24.2 Å². The lowest BCUT2D eigenvalue weighted by Crippen LogP contribution is -2.46. The molecule has 0 bridgehead atoms. The van der Waals surface area contributed by atoms with Crippen molar-refractivity contribution in [2.45, 2.75) is 69.6 Å². The normalized spacial score (nSPS) is 16.5. The predicted molar refractivity (Wildman–Crippen MR) is 165 cm³/mol. The molecule has 1 aromatic heterocycles. The number of nitrogens with zero attached hydrogens (tertiary/aromatic N) is 3. The fourth-order valence-electron chi connectivity index (χ4n) is 5.63. The number of nitrogens with one attached hydrogen (secondary N) is 1. The Morgan fingerprint density at radius 1 is 0.940 bits per heavy atom. The topological polar surface area (TPSA) is 95.0 Å². The number of carbonyl (C=O) groups is 2. The van der Waals surface area contributed by atoms with E-state index in [9.17, 15) is 49.1 Å². The van der Waals surface area contributed by atoms with Crippen LogP contribution >= 0.6 is 0 Å². The van der Waals surface area contributed by atoms with Crippen molar-refractivity contribution >= 4 is 29.3 Å². The lowest BCUT2D eigenvalue weighted by molar-refractivity contribution is -0.143. The molecule has 50 heavy (non-hydrogen) atoms. The lowest BCUT2D eigenvalue weighted by Gasteiger charge is -2.40. The highest BCUT2D eigenvalue weighted by Crippen LogP contribution is 2.44. The number of carbonyl (C=O) groups excluding carboxylic acids is 1. The summed E-state index contributed by atoms with van der Waals surface area (Å²) < 4.78 is 129. The van der Waals surface area contributed by atoms with Crippen LogP contribution in [-0.2, 0) is 34.5 Å². The highest BCUT2D eigenvalue weighted by molar-refractivity contribution is 5.90. The molecule has 0 fully saturated rings. The summed E-state index contributed by atoms with van der Waals surface area (Å²) >= 11 is 0. The third-order valence-electron chi connectivity index (χ3n) is 8.11. The molecular formula is C33H33F9N4O4. The van der Waals surface area contributed by atoms with Crippen LogP contribution in [-0.4, -0.2) is 48.9 Å². The van der Waals surface area contributed by atoms with E-state index in [1.54, 1.807) is 25.9 Å². The molecule has 2 N–H and O–H groups in total. The number of pyridine rings is 1. The second kappa shape index (κ2) is 14.6. The van der Waals surface area contributed by atoms with Crippen LogP contribution < -0.4 is 15.1 Å². The third kappa shape index (κ3) is 9.09. The van der Waals surface area contributed by atoms with Crippen LogP contribution in [0.3, 0.4) is 0 Å². The summed E-state index contributed by atoms with van der Waals surface area (Å²) in [7, 11) is 3.27. The summed E-state index contributed by atoms with van der Waals surface area (Å²) in [6, 6.07) is 3.85. The van der Waals surface area contributed by atoms with Gasteiger partial charge in [-0.1, -0.05) is 6.92 Å². The Balaban J connectivity index is 1.79. The maximum absolute atomic E-state index is 13.9. The molecule has 0 radical (unpaired) electrons. The third-order valence-corrected chi connectivity index (χ3v) is 8.11. The number of hydrogen-bond acceptors (Lipinski definition) is 6. The number of benzene rings is 2. The summed E-state index contributed by atoms with van der Waals surface area (Å²) in [6.45, 7) is 1.47. The Kier molecular flexibility index (Phi) is 11.2. The van der Waals surface area contributed by atoms with Crippen molar-refractivity contribution in [1.82, 2.24) is 4.98 Å². The molecule has 2 heterocycles. The van der Waals surface area contributed by atoms with Gasteiger partial charge in [-0.2, -0.15) is 39.5 Å². The van der Waals surface area contributed by atoms with Gasteiger partial charge in [0.15, 0.2) is 0 Å². The number of halogens is 9. The van der Waals surface area contributed by atoms with Crippen molar-refractivity contribution in [3.05, 3.63) is 82.0 Å². The van der Waals surface area contributed by atoms with Crippen molar-refractivity contribution in [3.63, 3.8) is 0 Å². The molecule has 1 aliphatic heterocycles. The molecular weight excluding hydrogens is 687 g/mol. The summed E-state index contributed by atoms with van der Waals surface area (Å²) in [5.41, 5.74) is -3.70. The number of aromatic nitrogens is 1. The average Bonchev–Trinajstić information content (AvgIpc) is 3.01. The number of rotatable bonds is 10. The number of carboxylic acid groups (broad SMARTS) is 1.